The zero-order valence-electron chi connectivity index (χ0n) is 11.0. The number of carbonyl (C=O) groups excluding carboxylic acids is 1. The van der Waals surface area contributed by atoms with Crippen LogP contribution in [0.3, 0.4) is 0 Å². The van der Waals surface area contributed by atoms with Gasteiger partial charge in [-0.3, -0.25) is 14.2 Å². The fourth-order valence-corrected chi connectivity index (χ4v) is 2.68. The monoisotopic (exact) mass is 281 g/mol. The summed E-state index contributed by atoms with van der Waals surface area (Å²) in [6.45, 7) is 4.24. The van der Waals surface area contributed by atoms with Crippen LogP contribution >= 0.6 is 11.8 Å². The van der Waals surface area contributed by atoms with Crippen LogP contribution in [0.1, 0.15) is 12.6 Å². The lowest BCUT2D eigenvalue weighted by Crippen LogP contribution is -2.23. The molecule has 0 bridgehead atoms. The van der Waals surface area contributed by atoms with Crippen LogP contribution in [-0.2, 0) is 16.1 Å². The first-order valence-electron chi connectivity index (χ1n) is 5.86. The van der Waals surface area contributed by atoms with Crippen molar-refractivity contribution >= 4 is 28.8 Å². The lowest BCUT2D eigenvalue weighted by molar-refractivity contribution is -0.137. The van der Waals surface area contributed by atoms with Crippen LogP contribution < -0.4 is 5.56 Å². The normalized spacial score (nSPS) is 10.9. The van der Waals surface area contributed by atoms with E-state index in [9.17, 15) is 9.59 Å². The van der Waals surface area contributed by atoms with Crippen molar-refractivity contribution in [3.63, 3.8) is 0 Å². The molecular weight excluding hydrogens is 266 g/mol. The van der Waals surface area contributed by atoms with Crippen molar-refractivity contribution in [3.05, 3.63) is 22.1 Å². The molecule has 0 aromatic carbocycles. The summed E-state index contributed by atoms with van der Waals surface area (Å²) >= 11 is 1.21. The van der Waals surface area contributed by atoms with Gasteiger partial charge in [-0.2, -0.15) is 0 Å². The van der Waals surface area contributed by atoms with E-state index in [0.29, 0.717) is 22.7 Å². The largest absolute Gasteiger partial charge is 0.468 e. The Hall–Kier alpha value is -1.76. The number of rotatable bonds is 4. The number of aromatic amines is 1. The van der Waals surface area contributed by atoms with Gasteiger partial charge >= 0.3 is 5.97 Å². The molecule has 0 aliphatic rings. The summed E-state index contributed by atoms with van der Waals surface area (Å²) in [6, 6.07) is 1.82. The molecule has 0 unspecified atom stereocenters. The molecule has 6 nitrogen and oxygen atoms in total. The Balaban J connectivity index is 2.47. The molecule has 2 aromatic rings. The van der Waals surface area contributed by atoms with Crippen molar-refractivity contribution < 1.29 is 9.53 Å². The molecule has 0 atom stereocenters. The highest BCUT2D eigenvalue weighted by molar-refractivity contribution is 7.99. The van der Waals surface area contributed by atoms with Gasteiger partial charge in [-0.25, -0.2) is 4.98 Å². The Kier molecular flexibility index (Phi) is 3.94. The molecule has 0 spiro atoms. The molecule has 102 valence electrons. The minimum Gasteiger partial charge on any atom is -0.468 e. The van der Waals surface area contributed by atoms with Gasteiger partial charge in [0.15, 0.2) is 5.16 Å². The van der Waals surface area contributed by atoms with Crippen molar-refractivity contribution in [2.45, 2.75) is 25.5 Å². The predicted octanol–water partition coefficient (Wildman–Crippen LogP) is 1.32. The SMILES string of the molecule is CCn1c(SCC(=O)OC)nc2cc(C)[nH]c2c1=O. The number of hydrogen-bond acceptors (Lipinski definition) is 5. The van der Waals surface area contributed by atoms with E-state index in [2.05, 4.69) is 14.7 Å². The summed E-state index contributed by atoms with van der Waals surface area (Å²) in [4.78, 5) is 30.9. The molecule has 0 radical (unpaired) electrons. The number of nitrogens with one attached hydrogen (secondary N) is 1. The third kappa shape index (κ3) is 2.65. The highest BCUT2D eigenvalue weighted by Crippen LogP contribution is 2.18. The molecule has 0 aliphatic carbocycles. The Morgan fingerprint density at radius 3 is 2.95 bits per heavy atom. The number of esters is 1. The smallest absolute Gasteiger partial charge is 0.316 e. The molecule has 7 heteroatoms. The predicted molar refractivity (Wildman–Crippen MR) is 73.5 cm³/mol. The van der Waals surface area contributed by atoms with E-state index in [1.165, 1.54) is 18.9 Å². The zero-order valence-corrected chi connectivity index (χ0v) is 11.8. The molecule has 0 amide bonds. The standard InChI is InChI=1S/C12H15N3O3S/c1-4-15-11(17)10-8(5-7(2)13-10)14-12(15)19-6-9(16)18-3/h5,13H,4,6H2,1-3H3. The van der Waals surface area contributed by atoms with E-state index >= 15 is 0 Å². The van der Waals surface area contributed by atoms with Gasteiger partial charge in [0, 0.05) is 12.2 Å². The number of aryl methyl sites for hydroxylation is 1. The quantitative estimate of drug-likeness (QED) is 0.519. The fourth-order valence-electron chi connectivity index (χ4n) is 1.78. The van der Waals surface area contributed by atoms with Gasteiger partial charge < -0.3 is 9.72 Å². The number of fused-ring (bicyclic) bond motifs is 1. The minimum absolute atomic E-state index is 0.118. The van der Waals surface area contributed by atoms with E-state index in [1.807, 2.05) is 19.9 Å². The van der Waals surface area contributed by atoms with Gasteiger partial charge in [0.25, 0.3) is 5.56 Å². The van der Waals surface area contributed by atoms with Crippen LogP contribution in [0.25, 0.3) is 11.0 Å². The maximum atomic E-state index is 12.3. The minimum atomic E-state index is -0.341. The first kappa shape index (κ1) is 13.7. The van der Waals surface area contributed by atoms with E-state index in [1.54, 1.807) is 4.57 Å². The topological polar surface area (TPSA) is 77.0 Å². The summed E-state index contributed by atoms with van der Waals surface area (Å²) in [5.41, 5.74) is 1.90. The van der Waals surface area contributed by atoms with Crippen LogP contribution in [0, 0.1) is 6.92 Å². The van der Waals surface area contributed by atoms with E-state index in [-0.39, 0.29) is 17.3 Å². The number of methoxy groups -OCH3 is 1. The van der Waals surface area contributed by atoms with Crippen LogP contribution in [0.4, 0.5) is 0 Å². The molecule has 0 saturated carbocycles. The van der Waals surface area contributed by atoms with Gasteiger partial charge in [-0.1, -0.05) is 11.8 Å². The van der Waals surface area contributed by atoms with E-state index in [0.717, 1.165) is 5.69 Å². The Bertz CT molecular complexity index is 675. The average molecular weight is 281 g/mol. The van der Waals surface area contributed by atoms with Crippen molar-refractivity contribution in [1.82, 2.24) is 14.5 Å². The van der Waals surface area contributed by atoms with Gasteiger partial charge in [0.2, 0.25) is 0 Å². The van der Waals surface area contributed by atoms with E-state index in [4.69, 9.17) is 0 Å². The number of nitrogens with zero attached hydrogens (tertiary/aromatic N) is 2. The van der Waals surface area contributed by atoms with Crippen molar-refractivity contribution in [1.29, 1.82) is 0 Å². The molecule has 19 heavy (non-hydrogen) atoms. The summed E-state index contributed by atoms with van der Waals surface area (Å²) in [5, 5.41) is 0.532. The molecule has 2 rings (SSSR count). The third-order valence-electron chi connectivity index (χ3n) is 2.70. The average Bonchev–Trinajstić information content (AvgIpc) is 2.77. The lowest BCUT2D eigenvalue weighted by atomic mass is 10.4. The highest BCUT2D eigenvalue weighted by atomic mass is 32.2. The van der Waals surface area contributed by atoms with Crippen LogP contribution in [0.5, 0.6) is 0 Å². The van der Waals surface area contributed by atoms with Crippen molar-refractivity contribution in [3.8, 4) is 0 Å². The van der Waals surface area contributed by atoms with Gasteiger partial charge in [0.1, 0.15) is 5.52 Å². The molecule has 0 fully saturated rings. The number of hydrogen-bond donors (Lipinski definition) is 1. The van der Waals surface area contributed by atoms with Gasteiger partial charge in [0.05, 0.1) is 18.4 Å². The lowest BCUT2D eigenvalue weighted by Gasteiger charge is -2.08. The number of H-pyrrole nitrogens is 1. The van der Waals surface area contributed by atoms with Crippen LogP contribution in [-0.4, -0.2) is 33.4 Å². The van der Waals surface area contributed by atoms with Crippen molar-refractivity contribution in [2.75, 3.05) is 12.9 Å². The first-order valence-corrected chi connectivity index (χ1v) is 6.85. The first-order chi connectivity index (χ1) is 9.06. The summed E-state index contributed by atoms with van der Waals surface area (Å²) in [6.07, 6.45) is 0. The third-order valence-corrected chi connectivity index (χ3v) is 3.65. The highest BCUT2D eigenvalue weighted by Gasteiger charge is 2.13. The summed E-state index contributed by atoms with van der Waals surface area (Å²) in [7, 11) is 1.34. The van der Waals surface area contributed by atoms with Gasteiger partial charge in [-0.05, 0) is 19.9 Å². The second kappa shape index (κ2) is 5.48. The molecular formula is C12H15N3O3S. The molecule has 2 heterocycles. The van der Waals surface area contributed by atoms with Crippen LogP contribution in [0.2, 0.25) is 0 Å². The Labute approximate surface area is 114 Å². The molecule has 0 aliphatic heterocycles. The fraction of sp³-hybridized carbons (Fsp3) is 0.417. The summed E-state index contributed by atoms with van der Waals surface area (Å²) in [5.74, 6) is -0.204. The Morgan fingerprint density at radius 1 is 1.58 bits per heavy atom. The number of thioether (sulfide) groups is 1. The Morgan fingerprint density at radius 2 is 2.32 bits per heavy atom. The number of ether oxygens (including phenoxy) is 1. The molecule has 2 aromatic heterocycles. The maximum absolute atomic E-state index is 12.3. The molecule has 0 saturated heterocycles. The number of aromatic nitrogens is 3. The summed E-state index contributed by atoms with van der Waals surface area (Å²) < 4.78 is 6.13. The number of carbonyl (C=O) groups is 1. The maximum Gasteiger partial charge on any atom is 0.316 e. The molecule has 1 N–H and O–H groups in total. The van der Waals surface area contributed by atoms with Gasteiger partial charge in [-0.15, -0.1) is 0 Å². The van der Waals surface area contributed by atoms with Crippen molar-refractivity contribution in [2.24, 2.45) is 0 Å². The zero-order chi connectivity index (χ0) is 14.0. The second-order valence-electron chi connectivity index (χ2n) is 4.02. The van der Waals surface area contributed by atoms with Crippen LogP contribution in [0.15, 0.2) is 16.0 Å². The second-order valence-corrected chi connectivity index (χ2v) is 4.96. The van der Waals surface area contributed by atoms with E-state index < -0.39 is 0 Å².